The fourth-order valence-corrected chi connectivity index (χ4v) is 6.68. The smallest absolute Gasteiger partial charge is 0.187 e. The van der Waals surface area contributed by atoms with Crippen LogP contribution in [0.25, 0.3) is 0 Å². The zero-order valence-electron chi connectivity index (χ0n) is 15.6. The summed E-state index contributed by atoms with van der Waals surface area (Å²) in [6.07, 6.45) is 5.51. The molecular weight excluding hydrogens is 332 g/mol. The van der Waals surface area contributed by atoms with Crippen molar-refractivity contribution in [3.8, 4) is 0 Å². The van der Waals surface area contributed by atoms with Gasteiger partial charge in [-0.05, 0) is 42.7 Å². The predicted molar refractivity (Wildman–Crippen MR) is 95.2 cm³/mol. The third-order valence-electron chi connectivity index (χ3n) is 7.74. The first-order valence-electron chi connectivity index (χ1n) is 9.61. The number of Topliss-reactive ketones (excluding diaryl/α,β-unsaturated/α-hetero) is 1. The minimum Gasteiger partial charge on any atom is -0.393 e. The lowest BCUT2D eigenvalue weighted by Crippen LogP contribution is -2.59. The largest absolute Gasteiger partial charge is 0.393 e. The lowest BCUT2D eigenvalue weighted by molar-refractivity contribution is -0.143. The third kappa shape index (κ3) is 2.26. The van der Waals surface area contributed by atoms with Crippen LogP contribution in [0.2, 0.25) is 0 Å². The normalized spacial score (nSPS) is 49.9. The Morgan fingerprint density at radius 2 is 2.12 bits per heavy atom. The van der Waals surface area contributed by atoms with E-state index in [4.69, 9.17) is 4.74 Å². The Hall–Kier alpha value is -1.30. The summed E-state index contributed by atoms with van der Waals surface area (Å²) in [4.78, 5) is 24.1. The number of carbonyl (C=O) groups is 2. The maximum atomic E-state index is 12.2. The average Bonchev–Trinajstić information content (AvgIpc) is 2.92. The summed E-state index contributed by atoms with van der Waals surface area (Å²) in [6, 6.07) is 0. The Morgan fingerprint density at radius 3 is 2.81 bits per heavy atom. The molecule has 0 amide bonds. The van der Waals surface area contributed by atoms with E-state index in [0.717, 1.165) is 12.0 Å². The van der Waals surface area contributed by atoms with Crippen molar-refractivity contribution in [2.75, 3.05) is 13.2 Å². The minimum atomic E-state index is -0.642. The van der Waals surface area contributed by atoms with Crippen LogP contribution in [-0.4, -0.2) is 47.2 Å². The Bertz CT molecular complexity index is 709. The molecule has 5 nitrogen and oxygen atoms in total. The first-order chi connectivity index (χ1) is 12.2. The molecule has 0 aromatic rings. The van der Waals surface area contributed by atoms with Gasteiger partial charge in [-0.3, -0.25) is 9.59 Å². The van der Waals surface area contributed by atoms with E-state index in [-0.39, 0.29) is 40.7 Å². The fraction of sp³-hybridized carbons (Fsp3) is 0.714. The van der Waals surface area contributed by atoms with Crippen molar-refractivity contribution in [2.24, 2.45) is 34.5 Å². The molecule has 4 aliphatic rings. The van der Waals surface area contributed by atoms with Gasteiger partial charge < -0.3 is 14.9 Å². The first-order valence-corrected chi connectivity index (χ1v) is 9.61. The molecule has 1 saturated heterocycles. The van der Waals surface area contributed by atoms with Crippen LogP contribution in [0.5, 0.6) is 0 Å². The molecule has 1 heterocycles. The van der Waals surface area contributed by atoms with E-state index in [0.29, 0.717) is 13.0 Å². The number of carbonyl (C=O) groups excluding carboxylic acids is 2. The number of aliphatic hydroxyl groups is 2. The minimum absolute atomic E-state index is 0.0129. The van der Waals surface area contributed by atoms with Crippen LogP contribution in [0.3, 0.4) is 0 Å². The van der Waals surface area contributed by atoms with Crippen LogP contribution < -0.4 is 0 Å². The number of rotatable bonds is 2. The number of aliphatic hydroxyl groups excluding tert-OH is 2. The molecule has 142 valence electrons. The second-order valence-corrected chi connectivity index (χ2v) is 9.17. The highest BCUT2D eigenvalue weighted by atomic mass is 16.5. The number of hydrogen-bond acceptors (Lipinski definition) is 5. The number of ketones is 2. The van der Waals surface area contributed by atoms with Gasteiger partial charge in [0, 0.05) is 16.7 Å². The molecule has 3 fully saturated rings. The average molecular weight is 360 g/mol. The molecule has 0 spiro atoms. The molecule has 26 heavy (non-hydrogen) atoms. The molecule has 4 unspecified atom stereocenters. The van der Waals surface area contributed by atoms with Crippen molar-refractivity contribution in [1.82, 2.24) is 0 Å². The van der Waals surface area contributed by atoms with E-state index < -0.39 is 24.2 Å². The van der Waals surface area contributed by atoms with Gasteiger partial charge in [0.15, 0.2) is 11.6 Å². The third-order valence-corrected chi connectivity index (χ3v) is 7.74. The summed E-state index contributed by atoms with van der Waals surface area (Å²) in [5.74, 6) is 0.380. The molecule has 0 aromatic heterocycles. The monoisotopic (exact) mass is 360 g/mol. The van der Waals surface area contributed by atoms with E-state index in [1.54, 1.807) is 12.2 Å². The van der Waals surface area contributed by atoms with Crippen LogP contribution in [0, 0.1) is 34.5 Å². The van der Waals surface area contributed by atoms with Crippen molar-refractivity contribution in [3.05, 3.63) is 23.8 Å². The number of allylic oxidation sites excluding steroid dienone is 4. The van der Waals surface area contributed by atoms with Gasteiger partial charge in [0.2, 0.25) is 0 Å². The quantitative estimate of drug-likeness (QED) is 0.783. The van der Waals surface area contributed by atoms with E-state index in [9.17, 15) is 19.8 Å². The first kappa shape index (κ1) is 18.1. The molecule has 0 bridgehead atoms. The Morgan fingerprint density at radius 1 is 1.38 bits per heavy atom. The summed E-state index contributed by atoms with van der Waals surface area (Å²) < 4.78 is 5.87. The number of ether oxygens (including phenoxy) is 1. The maximum absolute atomic E-state index is 12.2. The molecule has 0 aromatic carbocycles. The zero-order chi connectivity index (χ0) is 18.9. The Kier molecular flexibility index (Phi) is 4.07. The maximum Gasteiger partial charge on any atom is 0.187 e. The summed E-state index contributed by atoms with van der Waals surface area (Å²) in [7, 11) is 0. The summed E-state index contributed by atoms with van der Waals surface area (Å²) in [6.45, 7) is 6.28. The van der Waals surface area contributed by atoms with Crippen LogP contribution in [0.15, 0.2) is 23.8 Å². The van der Waals surface area contributed by atoms with Crippen LogP contribution in [0.1, 0.15) is 33.6 Å². The molecule has 4 rings (SSSR count). The Balaban J connectivity index is 1.75. The van der Waals surface area contributed by atoms with Crippen molar-refractivity contribution < 1.29 is 24.5 Å². The molecule has 5 heteroatoms. The Labute approximate surface area is 154 Å². The summed E-state index contributed by atoms with van der Waals surface area (Å²) >= 11 is 0. The highest BCUT2D eigenvalue weighted by Crippen LogP contribution is 2.64. The number of hydrogen-bond donors (Lipinski definition) is 2. The molecule has 2 N–H and O–H groups in total. The van der Waals surface area contributed by atoms with Gasteiger partial charge in [-0.1, -0.05) is 32.4 Å². The fourth-order valence-electron chi connectivity index (χ4n) is 6.68. The van der Waals surface area contributed by atoms with Gasteiger partial charge >= 0.3 is 0 Å². The highest BCUT2D eigenvalue weighted by Gasteiger charge is 2.64. The van der Waals surface area contributed by atoms with Gasteiger partial charge in [-0.15, -0.1) is 0 Å². The van der Waals surface area contributed by atoms with E-state index in [2.05, 4.69) is 13.8 Å². The van der Waals surface area contributed by atoms with Gasteiger partial charge in [0.1, 0.15) is 12.7 Å². The molecule has 3 aliphatic carbocycles. The molecule has 1 aliphatic heterocycles. The van der Waals surface area contributed by atoms with Crippen molar-refractivity contribution in [1.29, 1.82) is 0 Å². The topological polar surface area (TPSA) is 83.8 Å². The standard InChI is InChI=1S/C21H28O5/c1-11-6-13-15-10-26-19(17(25)9-22)21(15,3)8-16(24)18(13)20(2)5-4-12(23)7-14(11)20/h4-5,7,11,13,15-16,18-19,22,24H,6,8-10H2,1-3H3/t11-,13?,15?,16-,18+,19+,20?,21?/m0/s1. The summed E-state index contributed by atoms with van der Waals surface area (Å²) in [5, 5.41) is 20.5. The van der Waals surface area contributed by atoms with Gasteiger partial charge in [0.05, 0.1) is 12.7 Å². The van der Waals surface area contributed by atoms with Gasteiger partial charge in [-0.2, -0.15) is 0 Å². The van der Waals surface area contributed by atoms with E-state index in [1.165, 1.54) is 0 Å². The van der Waals surface area contributed by atoms with Gasteiger partial charge in [-0.25, -0.2) is 0 Å². The zero-order valence-corrected chi connectivity index (χ0v) is 15.6. The van der Waals surface area contributed by atoms with Crippen LogP contribution in [-0.2, 0) is 14.3 Å². The highest BCUT2D eigenvalue weighted by molar-refractivity contribution is 6.01. The lowest BCUT2D eigenvalue weighted by atomic mass is 9.45. The number of fused-ring (bicyclic) bond motifs is 5. The molecule has 2 saturated carbocycles. The molecule has 8 atom stereocenters. The van der Waals surface area contributed by atoms with E-state index >= 15 is 0 Å². The summed E-state index contributed by atoms with van der Waals surface area (Å²) in [5.41, 5.74) is 0.331. The van der Waals surface area contributed by atoms with E-state index in [1.807, 2.05) is 13.0 Å². The lowest BCUT2D eigenvalue weighted by Gasteiger charge is -2.59. The predicted octanol–water partition coefficient (Wildman–Crippen LogP) is 1.68. The van der Waals surface area contributed by atoms with Gasteiger partial charge in [0.25, 0.3) is 0 Å². The molecular formula is C21H28O5. The second kappa shape index (κ2) is 5.85. The van der Waals surface area contributed by atoms with Crippen molar-refractivity contribution in [2.45, 2.75) is 45.8 Å². The second-order valence-electron chi connectivity index (χ2n) is 9.17. The van der Waals surface area contributed by atoms with Crippen LogP contribution >= 0.6 is 0 Å². The molecule has 0 radical (unpaired) electrons. The van der Waals surface area contributed by atoms with Crippen molar-refractivity contribution in [3.63, 3.8) is 0 Å². The van der Waals surface area contributed by atoms with Crippen LogP contribution in [0.4, 0.5) is 0 Å². The van der Waals surface area contributed by atoms with Crippen molar-refractivity contribution >= 4 is 11.6 Å². The SMILES string of the molecule is C[C@H]1CC2C3CO[C@H](C(=O)CO)C3(C)C[C@H](O)[C@@H]2C2(C)C=CC(=O)C=C12.